The number of furan rings is 1. The molecule has 3 nitrogen and oxygen atoms in total. The van der Waals surface area contributed by atoms with Crippen molar-refractivity contribution in [3.8, 4) is 22.4 Å². The molecule has 3 heteroatoms. The van der Waals surface area contributed by atoms with Gasteiger partial charge < -0.3 is 4.42 Å². The van der Waals surface area contributed by atoms with Crippen LogP contribution in [0.25, 0.3) is 44.5 Å². The molecule has 3 aromatic carbocycles. The zero-order valence-corrected chi connectivity index (χ0v) is 17.6. The summed E-state index contributed by atoms with van der Waals surface area (Å²) in [5.41, 5.74) is 4.46. The Labute approximate surface area is 199 Å². The lowest BCUT2D eigenvalue weighted by molar-refractivity contribution is 0.652. The molecular weight excluding hydrogens is 404 g/mol. The molecule has 6 rings (SSSR count). The molecule has 3 aromatic heterocycles. The molecule has 0 N–H and O–H groups in total. The summed E-state index contributed by atoms with van der Waals surface area (Å²) >= 11 is 0. The van der Waals surface area contributed by atoms with Gasteiger partial charge in [-0.3, -0.25) is 4.98 Å². The fraction of sp³-hybridized carbons (Fsp3) is 0.0667. The number of fused-ring (bicyclic) bond motifs is 3. The molecule has 0 aliphatic rings. The topological polar surface area (TPSA) is 38.9 Å². The summed E-state index contributed by atoms with van der Waals surface area (Å²) < 4.78 is 47.6. The van der Waals surface area contributed by atoms with Gasteiger partial charge in [0, 0.05) is 41.5 Å². The summed E-state index contributed by atoms with van der Waals surface area (Å²) in [6.07, 6.45) is -0.384. The highest BCUT2D eigenvalue weighted by atomic mass is 16.3. The number of hydrogen-bond acceptors (Lipinski definition) is 3. The number of nitrogens with zero attached hydrogens (tertiary/aromatic N) is 2. The van der Waals surface area contributed by atoms with Crippen molar-refractivity contribution < 1.29 is 11.3 Å². The van der Waals surface area contributed by atoms with Crippen LogP contribution in [-0.2, 0) is 6.37 Å². The summed E-state index contributed by atoms with van der Waals surface area (Å²) in [6, 6.07) is 29.3. The molecule has 0 fully saturated rings. The maximum atomic E-state index is 8.68. The lowest BCUT2D eigenvalue weighted by atomic mass is 9.99. The van der Waals surface area contributed by atoms with E-state index in [0.717, 1.165) is 16.3 Å². The monoisotopic (exact) mass is 431 g/mol. The van der Waals surface area contributed by atoms with Crippen LogP contribution in [0.4, 0.5) is 0 Å². The number of rotatable bonds is 4. The highest BCUT2D eigenvalue weighted by Crippen LogP contribution is 2.36. The van der Waals surface area contributed by atoms with E-state index in [1.165, 1.54) is 6.20 Å². The zero-order chi connectivity index (χ0) is 26.5. The molecular formula is C30H22N2O. The highest BCUT2D eigenvalue weighted by molar-refractivity contribution is 6.08. The lowest BCUT2D eigenvalue weighted by Crippen LogP contribution is -1.91. The molecule has 0 aliphatic carbocycles. The van der Waals surface area contributed by atoms with Crippen LogP contribution in [0.2, 0.25) is 0 Å². The smallest absolute Gasteiger partial charge is 0.227 e. The number of aromatic nitrogens is 2. The largest absolute Gasteiger partial charge is 0.437 e. The Morgan fingerprint density at radius 3 is 2.45 bits per heavy atom. The van der Waals surface area contributed by atoms with Gasteiger partial charge in [-0.1, -0.05) is 72.8 Å². The summed E-state index contributed by atoms with van der Waals surface area (Å²) in [4.78, 5) is 9.09. The Bertz CT molecular complexity index is 1780. The molecule has 0 amide bonds. The SMILES string of the molecule is [2H]C([2H])([2H])c1cnc(-c2cccc3c2oc2nc(C([2H])([2H])c4ccccc4)ccc23)cc1-c1ccccc1. The van der Waals surface area contributed by atoms with Crippen LogP contribution in [0.5, 0.6) is 0 Å². The third kappa shape index (κ3) is 3.58. The molecule has 6 aromatic rings. The number of pyridine rings is 2. The molecule has 0 saturated carbocycles. The van der Waals surface area contributed by atoms with E-state index in [1.807, 2.05) is 60.7 Å². The summed E-state index contributed by atoms with van der Waals surface area (Å²) in [7, 11) is 0. The molecule has 0 atom stereocenters. The van der Waals surface area contributed by atoms with Gasteiger partial charge >= 0.3 is 0 Å². The van der Waals surface area contributed by atoms with Crippen LogP contribution in [0.15, 0.2) is 108 Å². The van der Waals surface area contributed by atoms with Crippen molar-refractivity contribution in [2.45, 2.75) is 13.2 Å². The van der Waals surface area contributed by atoms with Gasteiger partial charge in [-0.2, -0.15) is 0 Å². The molecule has 0 saturated heterocycles. The second-order valence-electron chi connectivity index (χ2n) is 7.81. The van der Waals surface area contributed by atoms with Crippen LogP contribution >= 0.6 is 0 Å². The van der Waals surface area contributed by atoms with Crippen molar-refractivity contribution in [1.82, 2.24) is 9.97 Å². The first-order chi connectivity index (χ1) is 18.2. The zero-order valence-electron chi connectivity index (χ0n) is 22.6. The molecule has 3 heterocycles. The first kappa shape index (κ1) is 14.8. The third-order valence-corrected chi connectivity index (χ3v) is 5.68. The molecule has 158 valence electrons. The molecule has 33 heavy (non-hydrogen) atoms. The molecule has 0 spiro atoms. The van der Waals surface area contributed by atoms with Crippen molar-refractivity contribution in [3.05, 3.63) is 120 Å². The predicted octanol–water partition coefficient (Wildman–Crippen LogP) is 7.61. The van der Waals surface area contributed by atoms with E-state index in [9.17, 15) is 0 Å². The van der Waals surface area contributed by atoms with E-state index >= 15 is 0 Å². The van der Waals surface area contributed by atoms with Crippen LogP contribution in [0, 0.1) is 6.85 Å². The number of para-hydroxylation sites is 1. The van der Waals surface area contributed by atoms with Gasteiger partial charge in [0.25, 0.3) is 0 Å². The normalized spacial score (nSPS) is 14.4. The van der Waals surface area contributed by atoms with Gasteiger partial charge in [0.1, 0.15) is 5.58 Å². The van der Waals surface area contributed by atoms with E-state index in [2.05, 4.69) is 9.97 Å². The standard InChI is InChI=1S/C30H22N2O/c1-20-19-31-28(18-27(20)22-11-6-3-7-12-22)26-14-8-13-24-25-16-15-23(32-30(25)33-29(24)26)17-21-9-4-2-5-10-21/h2-16,18-19H,17H2,1H3/i1D3,17D2. The molecule has 0 aliphatic heterocycles. The Kier molecular flexibility index (Phi) is 3.59. The van der Waals surface area contributed by atoms with E-state index in [4.69, 9.17) is 11.3 Å². The van der Waals surface area contributed by atoms with Gasteiger partial charge in [0.15, 0.2) is 0 Å². The minimum absolute atomic E-state index is 0.179. The minimum atomic E-state index is -2.32. The quantitative estimate of drug-likeness (QED) is 0.288. The fourth-order valence-corrected chi connectivity index (χ4v) is 4.08. The first-order valence-electron chi connectivity index (χ1n) is 13.2. The maximum Gasteiger partial charge on any atom is 0.227 e. The van der Waals surface area contributed by atoms with Crippen molar-refractivity contribution in [2.75, 3.05) is 0 Å². The Morgan fingerprint density at radius 2 is 1.64 bits per heavy atom. The van der Waals surface area contributed by atoms with Gasteiger partial charge in [0.2, 0.25) is 5.71 Å². The maximum absolute atomic E-state index is 8.68. The van der Waals surface area contributed by atoms with Crippen LogP contribution in [-0.4, -0.2) is 9.97 Å². The highest BCUT2D eigenvalue weighted by Gasteiger charge is 2.15. The second-order valence-corrected chi connectivity index (χ2v) is 7.81. The average Bonchev–Trinajstić information content (AvgIpc) is 3.31. The fourth-order valence-electron chi connectivity index (χ4n) is 4.08. The Balaban J connectivity index is 1.52. The second kappa shape index (κ2) is 8.03. The van der Waals surface area contributed by atoms with Crippen LogP contribution in [0.3, 0.4) is 0 Å². The van der Waals surface area contributed by atoms with Gasteiger partial charge in [-0.25, -0.2) is 4.98 Å². The molecule has 0 bridgehead atoms. The van der Waals surface area contributed by atoms with Crippen molar-refractivity contribution in [3.63, 3.8) is 0 Å². The summed E-state index contributed by atoms with van der Waals surface area (Å²) in [5, 5.41) is 1.58. The van der Waals surface area contributed by atoms with Crippen molar-refractivity contribution in [1.29, 1.82) is 0 Å². The van der Waals surface area contributed by atoms with Gasteiger partial charge in [-0.05, 0) is 53.4 Å². The van der Waals surface area contributed by atoms with Gasteiger partial charge in [-0.15, -0.1) is 0 Å². The lowest BCUT2D eigenvalue weighted by Gasteiger charge is -2.09. The number of aryl methyl sites for hydroxylation is 1. The van der Waals surface area contributed by atoms with E-state index < -0.39 is 13.2 Å². The van der Waals surface area contributed by atoms with E-state index in [-0.39, 0.29) is 11.3 Å². The Morgan fingerprint density at radius 1 is 0.818 bits per heavy atom. The number of hydrogen-bond donors (Lipinski definition) is 0. The van der Waals surface area contributed by atoms with Crippen LogP contribution in [0.1, 0.15) is 23.7 Å². The predicted molar refractivity (Wildman–Crippen MR) is 134 cm³/mol. The van der Waals surface area contributed by atoms with Crippen LogP contribution < -0.4 is 0 Å². The average molecular weight is 432 g/mol. The Hall–Kier alpha value is -4.24. The molecule has 0 radical (unpaired) electrons. The number of benzene rings is 3. The van der Waals surface area contributed by atoms with Crippen molar-refractivity contribution in [2.24, 2.45) is 0 Å². The minimum Gasteiger partial charge on any atom is -0.437 e. The third-order valence-electron chi connectivity index (χ3n) is 5.68. The van der Waals surface area contributed by atoms with Gasteiger partial charge in [0.05, 0.1) is 5.69 Å². The first-order valence-corrected chi connectivity index (χ1v) is 10.7. The molecule has 0 unspecified atom stereocenters. The van der Waals surface area contributed by atoms with E-state index in [1.54, 1.807) is 36.4 Å². The van der Waals surface area contributed by atoms with Crippen molar-refractivity contribution >= 4 is 22.1 Å². The summed E-state index contributed by atoms with van der Waals surface area (Å²) in [6.45, 7) is -2.32. The summed E-state index contributed by atoms with van der Waals surface area (Å²) in [5.74, 6) is 0. The van der Waals surface area contributed by atoms with E-state index in [0.29, 0.717) is 33.7 Å².